The number of nitrogens with zero attached hydrogens (tertiary/aromatic N) is 4. The van der Waals surface area contributed by atoms with Crippen molar-refractivity contribution in [2.75, 3.05) is 19.0 Å². The molecule has 9 rings (SSSR count). The number of para-hydroxylation sites is 2. The zero-order chi connectivity index (χ0) is 38.0. The van der Waals surface area contributed by atoms with Gasteiger partial charge in [0.05, 0.1) is 0 Å². The van der Waals surface area contributed by atoms with Crippen LogP contribution in [-0.4, -0.2) is 34.9 Å². The zero-order valence-electron chi connectivity index (χ0n) is 31.2. The molecule has 0 spiro atoms. The van der Waals surface area contributed by atoms with E-state index in [1.54, 1.807) is 0 Å². The maximum atomic E-state index is 4.75. The van der Waals surface area contributed by atoms with E-state index in [9.17, 15) is 0 Å². The van der Waals surface area contributed by atoms with Gasteiger partial charge in [-0.2, -0.15) is 0 Å². The van der Waals surface area contributed by atoms with Gasteiger partial charge >= 0.3 is 335 Å². The number of imidazole rings is 1. The molecule has 0 saturated heterocycles. The number of aromatic nitrogens is 3. The summed E-state index contributed by atoms with van der Waals surface area (Å²) in [6.07, 6.45) is 1.87. The molecule has 0 amide bonds. The second-order valence-corrected chi connectivity index (χ2v) is 15.2. The van der Waals surface area contributed by atoms with Gasteiger partial charge in [-0.25, -0.2) is 0 Å². The van der Waals surface area contributed by atoms with Crippen molar-refractivity contribution in [3.05, 3.63) is 204 Å². The fourth-order valence-electron chi connectivity index (χ4n) is 7.90. The van der Waals surface area contributed by atoms with Gasteiger partial charge < -0.3 is 0 Å². The Labute approximate surface area is 339 Å². The maximum absolute atomic E-state index is 4.75. The molecule has 7 aromatic carbocycles. The molecule has 0 saturated carbocycles. The van der Waals surface area contributed by atoms with E-state index >= 15 is 0 Å². The molecule has 2 aromatic heterocycles. The van der Waals surface area contributed by atoms with Crippen LogP contribution < -0.4 is 21.3 Å². The Balaban J connectivity index is 1.30. The zero-order valence-corrected chi connectivity index (χ0v) is 33.5. The third-order valence-corrected chi connectivity index (χ3v) is 11.6. The predicted molar refractivity (Wildman–Crippen MR) is 232 cm³/mol. The quantitative estimate of drug-likeness (QED) is 0.135. The van der Waals surface area contributed by atoms with Crippen LogP contribution in [0.5, 0.6) is 0 Å². The number of anilines is 1. The third kappa shape index (κ3) is 6.69. The molecule has 0 N–H and O–H groups in total. The molecule has 0 atom stereocenters. The van der Waals surface area contributed by atoms with Crippen molar-refractivity contribution in [2.24, 2.45) is 0 Å². The molecule has 0 aliphatic carbocycles. The van der Waals surface area contributed by atoms with Crippen molar-refractivity contribution in [1.82, 2.24) is 14.1 Å². The second kappa shape index (κ2) is 15.5. The molecule has 0 aliphatic rings. The fourth-order valence-corrected chi connectivity index (χ4v) is 9.03. The summed E-state index contributed by atoms with van der Waals surface area (Å²) in [5.74, 6) is 0. The Kier molecular flexibility index (Phi) is 9.77. The van der Waals surface area contributed by atoms with Gasteiger partial charge in [-0.05, 0) is 6.07 Å². The van der Waals surface area contributed by atoms with Gasteiger partial charge in [0.1, 0.15) is 0 Å². The van der Waals surface area contributed by atoms with Crippen LogP contribution in [0.4, 0.5) is 5.69 Å². The van der Waals surface area contributed by atoms with Gasteiger partial charge in [0.2, 0.25) is 0 Å². The Morgan fingerprint density at radius 2 is 1.02 bits per heavy atom. The predicted octanol–water partition coefficient (Wildman–Crippen LogP) is 9.48. The molecule has 272 valence electrons. The Morgan fingerprint density at radius 1 is 0.482 bits per heavy atom. The molecular formula is C50H39BN4Pt. The standard InChI is InChI=1S/C50H39BN4.Pt/c1-53(2)42-29-31-43(32-30-42)54-36-55(49-28-10-9-27-48(49)54)44-23-14-22-41(35-44)51(40-21-13-20-39(34-40)47-26-11-12-33-52-47)50-45(37-16-5-3-6-17-37)24-15-25-46(50)38-18-7-4-8-19-38;/h3-35H,1-2H3;. The van der Waals surface area contributed by atoms with Crippen molar-refractivity contribution in [1.29, 1.82) is 0 Å². The Morgan fingerprint density at radius 3 is 1.62 bits per heavy atom. The SMILES string of the molecule is CN(C)c1ccc(-n2[c](=[Pt])n(-c3cccc(B(c4cccc(-c5ccccn5)c4)c4c(-c5ccccc5)cccc4-c4ccccc4)c3)c3ccccc32)cc1. The minimum absolute atomic E-state index is 0.115. The topological polar surface area (TPSA) is 26.0 Å². The van der Waals surface area contributed by atoms with Crippen LogP contribution in [0.2, 0.25) is 0 Å². The second-order valence-electron chi connectivity index (χ2n) is 14.2. The van der Waals surface area contributed by atoms with Crippen LogP contribution in [0.25, 0.3) is 55.9 Å². The van der Waals surface area contributed by atoms with Crippen LogP contribution in [-0.2, 0) is 19.4 Å². The number of hydrogen-bond donors (Lipinski definition) is 0. The first kappa shape index (κ1) is 35.4. The number of rotatable bonds is 9. The van der Waals surface area contributed by atoms with Crippen LogP contribution >= 0.6 is 0 Å². The number of benzene rings is 7. The average molecular weight is 902 g/mol. The van der Waals surface area contributed by atoms with Gasteiger partial charge in [0, 0.05) is 0 Å². The van der Waals surface area contributed by atoms with E-state index in [1.807, 2.05) is 12.3 Å². The van der Waals surface area contributed by atoms with Crippen molar-refractivity contribution in [3.63, 3.8) is 0 Å². The van der Waals surface area contributed by atoms with Gasteiger partial charge in [-0.3, -0.25) is 0 Å². The van der Waals surface area contributed by atoms with Gasteiger partial charge in [-0.1, -0.05) is 0 Å². The van der Waals surface area contributed by atoms with Gasteiger partial charge in [-0.15, -0.1) is 0 Å². The monoisotopic (exact) mass is 901 g/mol. The van der Waals surface area contributed by atoms with E-state index in [0.717, 1.165) is 37.5 Å². The van der Waals surface area contributed by atoms with E-state index in [-0.39, 0.29) is 6.71 Å². The molecule has 0 unspecified atom stereocenters. The van der Waals surface area contributed by atoms with Crippen molar-refractivity contribution in [2.45, 2.75) is 0 Å². The Hall–Kier alpha value is -6.29. The number of fused-ring (bicyclic) bond motifs is 1. The Bertz CT molecular complexity index is 2790. The average Bonchev–Trinajstić information content (AvgIpc) is 3.56. The fraction of sp³-hybridized carbons (Fsp3) is 0.0400. The van der Waals surface area contributed by atoms with E-state index in [0.29, 0.717) is 0 Å². The molecule has 56 heavy (non-hydrogen) atoms. The summed E-state index contributed by atoms with van der Waals surface area (Å²) in [6, 6.07) is 70.1. The van der Waals surface area contributed by atoms with Crippen LogP contribution in [0.15, 0.2) is 200 Å². The van der Waals surface area contributed by atoms with Crippen LogP contribution in [0.1, 0.15) is 0 Å². The first-order valence-electron chi connectivity index (χ1n) is 18.9. The van der Waals surface area contributed by atoms with Crippen LogP contribution in [0, 0.1) is 3.80 Å². The van der Waals surface area contributed by atoms with E-state index < -0.39 is 0 Å². The normalized spacial score (nSPS) is 11.1. The summed E-state index contributed by atoms with van der Waals surface area (Å²) in [7, 11) is 4.15. The third-order valence-electron chi connectivity index (χ3n) is 10.5. The summed E-state index contributed by atoms with van der Waals surface area (Å²) in [4.78, 5) is 6.88. The molecule has 6 heteroatoms. The van der Waals surface area contributed by atoms with E-state index in [4.69, 9.17) is 4.98 Å². The summed E-state index contributed by atoms with van der Waals surface area (Å²) in [5, 5.41) is 0. The van der Waals surface area contributed by atoms with Crippen molar-refractivity contribution >= 4 is 39.8 Å². The van der Waals surface area contributed by atoms with Crippen LogP contribution in [0.3, 0.4) is 0 Å². The molecule has 0 aliphatic heterocycles. The molecule has 0 radical (unpaired) electrons. The van der Waals surface area contributed by atoms with E-state index in [2.05, 4.69) is 236 Å². The number of pyridine rings is 1. The van der Waals surface area contributed by atoms with Crippen molar-refractivity contribution in [3.8, 4) is 44.9 Å². The van der Waals surface area contributed by atoms with Gasteiger partial charge in [0.25, 0.3) is 0 Å². The van der Waals surface area contributed by atoms with E-state index in [1.165, 1.54) is 44.3 Å². The molecule has 9 aromatic rings. The van der Waals surface area contributed by atoms with Crippen molar-refractivity contribution < 1.29 is 19.4 Å². The summed E-state index contributed by atoms with van der Waals surface area (Å²) in [5.41, 5.74) is 16.2. The summed E-state index contributed by atoms with van der Waals surface area (Å²) in [6.45, 7) is -0.115. The first-order chi connectivity index (χ1) is 27.5. The molecule has 2 heterocycles. The molecule has 4 nitrogen and oxygen atoms in total. The van der Waals surface area contributed by atoms with Gasteiger partial charge in [0.15, 0.2) is 0 Å². The first-order valence-corrected chi connectivity index (χ1v) is 20.0. The molecular weight excluding hydrogens is 862 g/mol. The molecule has 0 fully saturated rings. The molecule has 0 bridgehead atoms. The minimum atomic E-state index is -0.115. The summed E-state index contributed by atoms with van der Waals surface area (Å²) < 4.78 is 5.85. The number of hydrogen-bond acceptors (Lipinski definition) is 2. The summed E-state index contributed by atoms with van der Waals surface area (Å²) >= 11 is 2.50.